The minimum atomic E-state index is -0.139. The van der Waals surface area contributed by atoms with E-state index in [4.69, 9.17) is 9.47 Å². The number of rotatable bonds is 5. The molecule has 22 heavy (non-hydrogen) atoms. The van der Waals surface area contributed by atoms with Crippen LogP contribution in [0.4, 0.5) is 0 Å². The van der Waals surface area contributed by atoms with E-state index in [1.54, 1.807) is 6.20 Å². The van der Waals surface area contributed by atoms with E-state index in [9.17, 15) is 4.79 Å². The van der Waals surface area contributed by atoms with Gasteiger partial charge in [-0.1, -0.05) is 30.3 Å². The molecule has 3 rings (SSSR count). The van der Waals surface area contributed by atoms with E-state index in [-0.39, 0.29) is 18.0 Å². The van der Waals surface area contributed by atoms with Gasteiger partial charge in [0.2, 0.25) is 0 Å². The molecule has 0 amide bonds. The average Bonchev–Trinajstić information content (AvgIpc) is 2.49. The third-order valence-corrected chi connectivity index (χ3v) is 4.09. The van der Waals surface area contributed by atoms with Crippen LogP contribution in [-0.4, -0.2) is 17.1 Å². The summed E-state index contributed by atoms with van der Waals surface area (Å²) in [4.78, 5) is 16.0. The number of hydrogen-bond donors (Lipinski definition) is 0. The highest BCUT2D eigenvalue weighted by molar-refractivity contribution is 9.10. The van der Waals surface area contributed by atoms with E-state index < -0.39 is 0 Å². The monoisotopic (exact) mass is 361 g/mol. The molecule has 1 aliphatic carbocycles. The SMILES string of the molecule is O=C(OCc1ccccc1)C1CC(Oc2ccnc(Br)c2)C1. The van der Waals surface area contributed by atoms with Gasteiger partial charge < -0.3 is 9.47 Å². The topological polar surface area (TPSA) is 48.4 Å². The molecule has 0 atom stereocenters. The molecule has 1 aromatic heterocycles. The maximum atomic E-state index is 12.0. The molecule has 0 saturated heterocycles. The maximum absolute atomic E-state index is 12.0. The van der Waals surface area contributed by atoms with Crippen LogP contribution < -0.4 is 4.74 Å². The van der Waals surface area contributed by atoms with Crippen LogP contribution >= 0.6 is 15.9 Å². The van der Waals surface area contributed by atoms with Crippen LogP contribution in [0.5, 0.6) is 5.75 Å². The number of hydrogen-bond acceptors (Lipinski definition) is 4. The van der Waals surface area contributed by atoms with E-state index in [2.05, 4.69) is 20.9 Å². The summed E-state index contributed by atoms with van der Waals surface area (Å²) >= 11 is 3.30. The molecule has 5 heteroatoms. The zero-order valence-corrected chi connectivity index (χ0v) is 13.5. The molecule has 1 aromatic carbocycles. The number of aromatic nitrogens is 1. The van der Waals surface area contributed by atoms with Crippen LogP contribution in [-0.2, 0) is 16.1 Å². The Labute approximate surface area is 137 Å². The van der Waals surface area contributed by atoms with Gasteiger partial charge in [-0.05, 0) is 40.4 Å². The fraction of sp³-hybridized carbons (Fsp3) is 0.294. The first kappa shape index (κ1) is 15.0. The summed E-state index contributed by atoms with van der Waals surface area (Å²) in [5.41, 5.74) is 1.00. The second kappa shape index (κ2) is 6.92. The fourth-order valence-electron chi connectivity index (χ4n) is 2.35. The second-order valence-electron chi connectivity index (χ2n) is 5.32. The zero-order valence-electron chi connectivity index (χ0n) is 11.9. The number of halogens is 1. The number of benzene rings is 1. The molecule has 114 valence electrons. The first-order chi connectivity index (χ1) is 10.7. The van der Waals surface area contributed by atoms with Gasteiger partial charge >= 0.3 is 5.97 Å². The van der Waals surface area contributed by atoms with Crippen molar-refractivity contribution in [2.24, 2.45) is 5.92 Å². The number of pyridine rings is 1. The molecule has 1 fully saturated rings. The van der Waals surface area contributed by atoms with Crippen molar-refractivity contribution in [1.82, 2.24) is 4.98 Å². The number of nitrogens with zero attached hydrogens (tertiary/aromatic N) is 1. The predicted molar refractivity (Wildman–Crippen MR) is 85.3 cm³/mol. The minimum Gasteiger partial charge on any atom is -0.490 e. The van der Waals surface area contributed by atoms with Crippen molar-refractivity contribution in [1.29, 1.82) is 0 Å². The lowest BCUT2D eigenvalue weighted by Crippen LogP contribution is -2.39. The van der Waals surface area contributed by atoms with Crippen molar-refractivity contribution in [2.75, 3.05) is 0 Å². The predicted octanol–water partition coefficient (Wildman–Crippen LogP) is 3.74. The molecular formula is C17H16BrNO3. The van der Waals surface area contributed by atoms with Crippen molar-refractivity contribution >= 4 is 21.9 Å². The van der Waals surface area contributed by atoms with Crippen LogP contribution in [0.15, 0.2) is 53.3 Å². The molecule has 0 N–H and O–H groups in total. The summed E-state index contributed by atoms with van der Waals surface area (Å²) in [6, 6.07) is 13.3. The number of ether oxygens (including phenoxy) is 2. The third-order valence-electron chi connectivity index (χ3n) is 3.65. The largest absolute Gasteiger partial charge is 0.490 e. The molecule has 0 bridgehead atoms. The zero-order chi connectivity index (χ0) is 15.4. The van der Waals surface area contributed by atoms with Gasteiger partial charge in [-0.2, -0.15) is 0 Å². The highest BCUT2D eigenvalue weighted by atomic mass is 79.9. The number of carbonyl (C=O) groups is 1. The van der Waals surface area contributed by atoms with Crippen LogP contribution in [0.3, 0.4) is 0 Å². The van der Waals surface area contributed by atoms with Crippen LogP contribution in [0.25, 0.3) is 0 Å². The highest BCUT2D eigenvalue weighted by Crippen LogP contribution is 2.32. The standard InChI is InChI=1S/C17H16BrNO3/c18-16-10-14(6-7-19-16)22-15-8-13(9-15)17(20)21-11-12-4-2-1-3-5-12/h1-7,10,13,15H,8-9,11H2. The Morgan fingerprint density at radius 1 is 1.23 bits per heavy atom. The molecule has 0 aliphatic heterocycles. The van der Waals surface area contributed by atoms with Crippen molar-refractivity contribution in [3.63, 3.8) is 0 Å². The lowest BCUT2D eigenvalue weighted by atomic mass is 9.82. The summed E-state index contributed by atoms with van der Waals surface area (Å²) in [6.45, 7) is 0.332. The lowest BCUT2D eigenvalue weighted by Gasteiger charge is -2.33. The van der Waals surface area contributed by atoms with E-state index in [1.165, 1.54) is 0 Å². The Hall–Kier alpha value is -1.88. The van der Waals surface area contributed by atoms with Gasteiger partial charge in [-0.3, -0.25) is 4.79 Å². The van der Waals surface area contributed by atoms with E-state index >= 15 is 0 Å². The smallest absolute Gasteiger partial charge is 0.309 e. The Balaban J connectivity index is 1.42. The molecular weight excluding hydrogens is 346 g/mol. The minimum absolute atomic E-state index is 0.0565. The van der Waals surface area contributed by atoms with Crippen molar-refractivity contribution in [3.8, 4) is 5.75 Å². The highest BCUT2D eigenvalue weighted by Gasteiger charge is 2.37. The Morgan fingerprint density at radius 2 is 2.00 bits per heavy atom. The van der Waals surface area contributed by atoms with Crippen molar-refractivity contribution in [3.05, 3.63) is 58.8 Å². The Bertz CT molecular complexity index is 641. The molecule has 0 unspecified atom stereocenters. The summed E-state index contributed by atoms with van der Waals surface area (Å²) in [7, 11) is 0. The van der Waals surface area contributed by atoms with Crippen molar-refractivity contribution in [2.45, 2.75) is 25.6 Å². The quantitative estimate of drug-likeness (QED) is 0.601. The Morgan fingerprint density at radius 3 is 2.73 bits per heavy atom. The number of carbonyl (C=O) groups excluding carboxylic acids is 1. The van der Waals surface area contributed by atoms with Crippen LogP contribution in [0.2, 0.25) is 0 Å². The van der Waals surface area contributed by atoms with Crippen LogP contribution in [0, 0.1) is 5.92 Å². The molecule has 2 aromatic rings. The maximum Gasteiger partial charge on any atom is 0.309 e. The van der Waals surface area contributed by atoms with Gasteiger partial charge in [-0.25, -0.2) is 4.98 Å². The third kappa shape index (κ3) is 3.85. The van der Waals surface area contributed by atoms with Gasteiger partial charge in [0.15, 0.2) is 0 Å². The molecule has 4 nitrogen and oxygen atoms in total. The first-order valence-electron chi connectivity index (χ1n) is 7.19. The lowest BCUT2D eigenvalue weighted by molar-refractivity contribution is -0.156. The molecule has 0 radical (unpaired) electrons. The fourth-order valence-corrected chi connectivity index (χ4v) is 2.70. The first-order valence-corrected chi connectivity index (χ1v) is 7.99. The normalized spacial score (nSPS) is 20.0. The molecule has 1 heterocycles. The van der Waals surface area contributed by atoms with Gasteiger partial charge in [0, 0.05) is 12.3 Å². The molecule has 1 aliphatic rings. The summed E-state index contributed by atoms with van der Waals surface area (Å²) < 4.78 is 11.9. The summed E-state index contributed by atoms with van der Waals surface area (Å²) in [6.07, 6.45) is 3.16. The van der Waals surface area contributed by atoms with Crippen molar-refractivity contribution < 1.29 is 14.3 Å². The van der Waals surface area contributed by atoms with Gasteiger partial charge in [0.25, 0.3) is 0 Å². The molecule has 1 saturated carbocycles. The summed E-state index contributed by atoms with van der Waals surface area (Å²) in [5.74, 6) is 0.571. The van der Waals surface area contributed by atoms with Gasteiger partial charge in [0.05, 0.1) is 5.92 Å². The van der Waals surface area contributed by atoms with Crippen LogP contribution in [0.1, 0.15) is 18.4 Å². The van der Waals surface area contributed by atoms with Gasteiger partial charge in [-0.15, -0.1) is 0 Å². The average molecular weight is 362 g/mol. The van der Waals surface area contributed by atoms with E-state index in [0.717, 1.165) is 15.9 Å². The van der Waals surface area contributed by atoms with Gasteiger partial charge in [0.1, 0.15) is 23.1 Å². The second-order valence-corrected chi connectivity index (χ2v) is 6.13. The van der Waals surface area contributed by atoms with E-state index in [1.807, 2.05) is 42.5 Å². The summed E-state index contributed by atoms with van der Waals surface area (Å²) in [5, 5.41) is 0. The Kier molecular flexibility index (Phi) is 4.73. The number of esters is 1. The molecule has 0 spiro atoms. The van der Waals surface area contributed by atoms with E-state index in [0.29, 0.717) is 19.4 Å².